The molecule has 1 N–H and O–H groups in total. The Labute approximate surface area is 113 Å². The summed E-state index contributed by atoms with van der Waals surface area (Å²) in [6.45, 7) is 0. The third-order valence-electron chi connectivity index (χ3n) is 2.73. The van der Waals surface area contributed by atoms with E-state index in [0.29, 0.717) is 0 Å². The van der Waals surface area contributed by atoms with E-state index in [4.69, 9.17) is 5.11 Å². The second-order valence-electron chi connectivity index (χ2n) is 3.96. The molecule has 0 amide bonds. The Kier molecular flexibility index (Phi) is 3.56. The van der Waals surface area contributed by atoms with Gasteiger partial charge in [-0.3, -0.25) is 14.9 Å². The number of nitrogens with zero attached hydrogens (tertiary/aromatic N) is 1. The third-order valence-corrected chi connectivity index (χ3v) is 2.73. The first-order chi connectivity index (χ1) is 9.52. The number of carbonyl (C=O) groups is 2. The molecular weight excluding hydrogens is 262 g/mol. The molecule has 2 aromatic carbocycles. The number of carboxylic acid groups (broad SMARTS) is 1. The summed E-state index contributed by atoms with van der Waals surface area (Å²) in [5, 5.41) is 20.1. The van der Waals surface area contributed by atoms with Gasteiger partial charge in [0.05, 0.1) is 10.5 Å². The number of nitro benzene ring substituents is 1. The van der Waals surface area contributed by atoms with Crippen molar-refractivity contribution in [2.45, 2.75) is 0 Å². The van der Waals surface area contributed by atoms with E-state index in [1.807, 2.05) is 0 Å². The number of benzene rings is 2. The van der Waals surface area contributed by atoms with Gasteiger partial charge in [0.15, 0.2) is 0 Å². The Morgan fingerprint density at radius 1 is 1.00 bits per heavy atom. The predicted molar refractivity (Wildman–Crippen MR) is 69.9 cm³/mol. The number of aromatic carboxylic acids is 1. The fourth-order valence-corrected chi connectivity index (χ4v) is 1.84. The van der Waals surface area contributed by atoms with E-state index in [2.05, 4.69) is 0 Å². The highest BCUT2D eigenvalue weighted by Gasteiger charge is 2.27. The van der Waals surface area contributed by atoms with Crippen LogP contribution in [0.15, 0.2) is 48.5 Å². The van der Waals surface area contributed by atoms with Crippen LogP contribution in [0.4, 0.5) is 5.69 Å². The lowest BCUT2D eigenvalue weighted by atomic mass is 9.96. The molecule has 0 aliphatic heterocycles. The Morgan fingerprint density at radius 2 is 1.65 bits per heavy atom. The van der Waals surface area contributed by atoms with Crippen molar-refractivity contribution in [2.24, 2.45) is 0 Å². The highest BCUT2D eigenvalue weighted by Crippen LogP contribution is 2.25. The smallest absolute Gasteiger partial charge is 0.336 e. The van der Waals surface area contributed by atoms with Gasteiger partial charge in [-0.15, -0.1) is 0 Å². The molecule has 0 aliphatic carbocycles. The zero-order valence-electron chi connectivity index (χ0n) is 10.1. The lowest BCUT2D eigenvalue weighted by molar-refractivity contribution is -0.385. The summed E-state index contributed by atoms with van der Waals surface area (Å²) in [5.41, 5.74) is -1.10. The van der Waals surface area contributed by atoms with Crippen LogP contribution in [0.2, 0.25) is 0 Å². The topological polar surface area (TPSA) is 97.5 Å². The van der Waals surface area contributed by atoms with Gasteiger partial charge in [-0.2, -0.15) is 0 Å². The van der Waals surface area contributed by atoms with Crippen molar-refractivity contribution >= 4 is 17.4 Å². The van der Waals surface area contributed by atoms with Crippen LogP contribution in [0.3, 0.4) is 0 Å². The van der Waals surface area contributed by atoms with Crippen LogP contribution in [0.1, 0.15) is 26.3 Å². The van der Waals surface area contributed by atoms with Crippen LogP contribution >= 0.6 is 0 Å². The molecule has 0 bridgehead atoms. The number of carbonyl (C=O) groups excluding carboxylic acids is 1. The van der Waals surface area contributed by atoms with Crippen LogP contribution in [0, 0.1) is 10.1 Å². The summed E-state index contributed by atoms with van der Waals surface area (Å²) in [6, 6.07) is 11.4. The Bertz CT molecular complexity index is 662. The van der Waals surface area contributed by atoms with E-state index >= 15 is 0 Å². The minimum absolute atomic E-state index is 0.198. The normalized spacial score (nSPS) is 10.0. The monoisotopic (exact) mass is 271 g/mol. The summed E-state index contributed by atoms with van der Waals surface area (Å²) in [4.78, 5) is 33.7. The fourth-order valence-electron chi connectivity index (χ4n) is 1.84. The summed E-state index contributed by atoms with van der Waals surface area (Å²) >= 11 is 0. The predicted octanol–water partition coefficient (Wildman–Crippen LogP) is 2.52. The van der Waals surface area contributed by atoms with E-state index in [0.717, 1.165) is 6.07 Å². The second kappa shape index (κ2) is 5.31. The van der Waals surface area contributed by atoms with Gasteiger partial charge in [0.25, 0.3) is 5.69 Å². The van der Waals surface area contributed by atoms with Gasteiger partial charge in [0.1, 0.15) is 5.56 Å². The van der Waals surface area contributed by atoms with Crippen molar-refractivity contribution in [3.63, 3.8) is 0 Å². The van der Waals surface area contributed by atoms with Gasteiger partial charge in [-0.25, -0.2) is 4.79 Å². The maximum atomic E-state index is 12.3. The molecule has 100 valence electrons. The van der Waals surface area contributed by atoms with Crippen molar-refractivity contribution in [1.82, 2.24) is 0 Å². The van der Waals surface area contributed by atoms with Crippen molar-refractivity contribution in [3.8, 4) is 0 Å². The lowest BCUT2D eigenvalue weighted by Crippen LogP contribution is -2.12. The van der Waals surface area contributed by atoms with E-state index in [1.165, 1.54) is 24.3 Å². The van der Waals surface area contributed by atoms with Gasteiger partial charge >= 0.3 is 5.97 Å². The molecule has 0 spiro atoms. The van der Waals surface area contributed by atoms with Crippen LogP contribution in [0.25, 0.3) is 0 Å². The van der Waals surface area contributed by atoms with E-state index in [1.54, 1.807) is 18.2 Å². The molecule has 0 saturated heterocycles. The number of hydrogen-bond donors (Lipinski definition) is 1. The number of ketones is 1. The standard InChI is InChI=1S/C14H9NO5/c16-13(9-5-2-1-3-6-9)12-10(14(17)18)7-4-8-11(12)15(19)20/h1-8H,(H,17,18). The minimum Gasteiger partial charge on any atom is -0.478 e. The molecule has 0 aromatic heterocycles. The Morgan fingerprint density at radius 3 is 2.20 bits per heavy atom. The van der Waals surface area contributed by atoms with E-state index in [9.17, 15) is 19.7 Å². The average Bonchev–Trinajstić information content (AvgIpc) is 2.46. The minimum atomic E-state index is -1.38. The highest BCUT2D eigenvalue weighted by atomic mass is 16.6. The Balaban J connectivity index is 2.68. The molecule has 6 nitrogen and oxygen atoms in total. The van der Waals surface area contributed by atoms with Gasteiger partial charge < -0.3 is 5.11 Å². The summed E-state index contributed by atoms with van der Waals surface area (Å²) in [6.07, 6.45) is 0. The number of carboxylic acids is 1. The molecule has 6 heteroatoms. The van der Waals surface area contributed by atoms with Gasteiger partial charge in [0.2, 0.25) is 5.78 Å². The van der Waals surface area contributed by atoms with Crippen LogP contribution < -0.4 is 0 Å². The van der Waals surface area contributed by atoms with Crippen LogP contribution in [-0.2, 0) is 0 Å². The summed E-state index contributed by atoms with van der Waals surface area (Å²) in [7, 11) is 0. The number of nitro groups is 1. The van der Waals surface area contributed by atoms with Gasteiger partial charge in [-0.05, 0) is 6.07 Å². The quantitative estimate of drug-likeness (QED) is 0.523. The second-order valence-corrected chi connectivity index (χ2v) is 3.96. The molecule has 0 aliphatic rings. The van der Waals surface area contributed by atoms with E-state index < -0.39 is 27.9 Å². The van der Waals surface area contributed by atoms with Crippen LogP contribution in [-0.4, -0.2) is 21.8 Å². The first-order valence-corrected chi connectivity index (χ1v) is 5.63. The van der Waals surface area contributed by atoms with Crippen molar-refractivity contribution < 1.29 is 19.6 Å². The SMILES string of the molecule is O=C(O)c1cccc([N+](=O)[O-])c1C(=O)c1ccccc1. The zero-order valence-corrected chi connectivity index (χ0v) is 10.1. The molecule has 2 rings (SSSR count). The molecular formula is C14H9NO5. The van der Waals surface area contributed by atoms with Crippen molar-refractivity contribution in [1.29, 1.82) is 0 Å². The molecule has 20 heavy (non-hydrogen) atoms. The molecule has 0 saturated carbocycles. The van der Waals surface area contributed by atoms with Crippen LogP contribution in [0.5, 0.6) is 0 Å². The van der Waals surface area contributed by atoms with Crippen molar-refractivity contribution in [2.75, 3.05) is 0 Å². The zero-order chi connectivity index (χ0) is 14.7. The molecule has 0 atom stereocenters. The van der Waals surface area contributed by atoms with Crippen molar-refractivity contribution in [3.05, 3.63) is 75.3 Å². The largest absolute Gasteiger partial charge is 0.478 e. The summed E-state index contributed by atoms with van der Waals surface area (Å²) in [5.74, 6) is -2.07. The lowest BCUT2D eigenvalue weighted by Gasteiger charge is -2.06. The summed E-state index contributed by atoms with van der Waals surface area (Å²) < 4.78 is 0. The van der Waals surface area contributed by atoms with E-state index in [-0.39, 0.29) is 11.1 Å². The maximum absolute atomic E-state index is 12.3. The first-order valence-electron chi connectivity index (χ1n) is 5.63. The molecule has 0 fully saturated rings. The fraction of sp³-hybridized carbons (Fsp3) is 0. The average molecular weight is 271 g/mol. The number of rotatable bonds is 4. The molecule has 2 aromatic rings. The highest BCUT2D eigenvalue weighted by molar-refractivity contribution is 6.16. The molecule has 0 radical (unpaired) electrons. The third kappa shape index (κ3) is 2.39. The molecule has 0 heterocycles. The Hall–Kier alpha value is -3.02. The molecule has 0 unspecified atom stereocenters. The van der Waals surface area contributed by atoms with Gasteiger partial charge in [0, 0.05) is 11.6 Å². The first kappa shape index (κ1) is 13.4. The maximum Gasteiger partial charge on any atom is 0.336 e. The van der Waals surface area contributed by atoms with Gasteiger partial charge in [-0.1, -0.05) is 36.4 Å². The number of hydrogen-bond acceptors (Lipinski definition) is 4.